The quantitative estimate of drug-likeness (QED) is 0.755. The van der Waals surface area contributed by atoms with E-state index in [1.54, 1.807) is 23.5 Å². The number of hydrogen-bond acceptors (Lipinski definition) is 5. The van der Waals surface area contributed by atoms with Crippen LogP contribution in [0.3, 0.4) is 0 Å². The monoisotopic (exact) mass is 376 g/mol. The molecule has 142 valence electrons. The Kier molecular flexibility index (Phi) is 6.80. The number of aromatic nitrogens is 1. The van der Waals surface area contributed by atoms with Gasteiger partial charge in [0.25, 0.3) is 0 Å². The zero-order valence-electron chi connectivity index (χ0n) is 15.5. The molecule has 0 saturated carbocycles. The predicted molar refractivity (Wildman–Crippen MR) is 104 cm³/mol. The van der Waals surface area contributed by atoms with Crippen LogP contribution in [-0.2, 0) is 9.59 Å². The molecule has 0 N–H and O–H groups in total. The van der Waals surface area contributed by atoms with Crippen molar-refractivity contribution in [2.75, 3.05) is 45.8 Å². The average molecular weight is 377 g/mol. The summed E-state index contributed by atoms with van der Waals surface area (Å²) < 4.78 is 0. The third-order valence-corrected chi connectivity index (χ3v) is 5.83. The van der Waals surface area contributed by atoms with Gasteiger partial charge in [0.05, 0.1) is 17.2 Å². The van der Waals surface area contributed by atoms with Crippen LogP contribution in [0.5, 0.6) is 0 Å². The number of carbonyl (C=O) groups excluding carboxylic acids is 2. The summed E-state index contributed by atoms with van der Waals surface area (Å²) in [6.45, 7) is 7.10. The Morgan fingerprint density at radius 3 is 2.35 bits per heavy atom. The van der Waals surface area contributed by atoms with Crippen molar-refractivity contribution in [2.24, 2.45) is 0 Å². The van der Waals surface area contributed by atoms with Gasteiger partial charge in [-0.2, -0.15) is 0 Å². The first kappa shape index (κ1) is 19.0. The second kappa shape index (κ2) is 9.28. The summed E-state index contributed by atoms with van der Waals surface area (Å²) in [6.07, 6.45) is 8.10. The maximum absolute atomic E-state index is 12.5. The third-order valence-electron chi connectivity index (χ3n) is 5.04. The molecule has 2 saturated heterocycles. The molecule has 3 rings (SSSR count). The molecule has 1 aromatic rings. The summed E-state index contributed by atoms with van der Waals surface area (Å²) in [7, 11) is 0. The smallest absolute Gasteiger partial charge is 0.246 e. The lowest BCUT2D eigenvalue weighted by Gasteiger charge is -2.34. The van der Waals surface area contributed by atoms with E-state index in [1.807, 2.05) is 22.1 Å². The van der Waals surface area contributed by atoms with Crippen LogP contribution in [-0.4, -0.2) is 77.3 Å². The highest BCUT2D eigenvalue weighted by molar-refractivity contribution is 7.09. The fourth-order valence-electron chi connectivity index (χ4n) is 3.46. The molecule has 2 aliphatic heterocycles. The van der Waals surface area contributed by atoms with E-state index in [4.69, 9.17) is 0 Å². The van der Waals surface area contributed by atoms with Crippen molar-refractivity contribution < 1.29 is 9.59 Å². The van der Waals surface area contributed by atoms with Crippen LogP contribution in [0, 0.1) is 6.92 Å². The molecule has 2 fully saturated rings. The van der Waals surface area contributed by atoms with Crippen molar-refractivity contribution >= 4 is 29.2 Å². The normalized spacial score (nSPS) is 19.7. The Bertz CT molecular complexity index is 642. The average Bonchev–Trinajstić information content (AvgIpc) is 2.89. The highest BCUT2D eigenvalue weighted by Gasteiger charge is 2.23. The first-order chi connectivity index (χ1) is 12.6. The summed E-state index contributed by atoms with van der Waals surface area (Å²) >= 11 is 1.58. The van der Waals surface area contributed by atoms with Crippen molar-refractivity contribution in [3.63, 3.8) is 0 Å². The lowest BCUT2D eigenvalue weighted by atomic mass is 10.2. The van der Waals surface area contributed by atoms with Gasteiger partial charge < -0.3 is 9.80 Å². The standard InChI is InChI=1S/C19H28N4O2S/c1-16-20-17(15-26-16)6-7-18(24)23-12-10-21(11-13-23)14-19(25)22-8-4-2-3-5-9-22/h6-7,15H,2-5,8-14H2,1H3/b7-6+. The fourth-order valence-corrected chi connectivity index (χ4v) is 4.04. The maximum Gasteiger partial charge on any atom is 0.246 e. The van der Waals surface area contributed by atoms with Crippen molar-refractivity contribution in [2.45, 2.75) is 32.6 Å². The molecular formula is C19H28N4O2S. The molecule has 0 bridgehead atoms. The van der Waals surface area contributed by atoms with Crippen molar-refractivity contribution in [3.05, 3.63) is 22.2 Å². The van der Waals surface area contributed by atoms with Gasteiger partial charge in [0, 0.05) is 50.7 Å². The van der Waals surface area contributed by atoms with E-state index in [2.05, 4.69) is 9.88 Å². The number of likely N-dealkylation sites (tertiary alicyclic amines) is 1. The molecule has 0 spiro atoms. The molecule has 0 radical (unpaired) electrons. The molecular weight excluding hydrogens is 348 g/mol. The summed E-state index contributed by atoms with van der Waals surface area (Å²) in [5.74, 6) is 0.264. The van der Waals surface area contributed by atoms with E-state index in [9.17, 15) is 9.59 Å². The van der Waals surface area contributed by atoms with Crippen LogP contribution in [0.25, 0.3) is 6.08 Å². The number of rotatable bonds is 4. The predicted octanol–water partition coefficient (Wildman–Crippen LogP) is 2.01. The van der Waals surface area contributed by atoms with Gasteiger partial charge in [0.15, 0.2) is 0 Å². The fraction of sp³-hybridized carbons (Fsp3) is 0.632. The van der Waals surface area contributed by atoms with Gasteiger partial charge in [-0.1, -0.05) is 12.8 Å². The van der Waals surface area contributed by atoms with Crippen molar-refractivity contribution in [1.29, 1.82) is 0 Å². The first-order valence-corrected chi connectivity index (χ1v) is 10.4. The molecule has 0 aromatic carbocycles. The van der Waals surface area contributed by atoms with E-state index in [1.165, 1.54) is 12.8 Å². The number of hydrogen-bond donors (Lipinski definition) is 0. The van der Waals surface area contributed by atoms with Crippen LogP contribution in [0.1, 0.15) is 36.4 Å². The Hall–Kier alpha value is -1.73. The maximum atomic E-state index is 12.5. The van der Waals surface area contributed by atoms with Crippen LogP contribution < -0.4 is 0 Å². The molecule has 0 aliphatic carbocycles. The lowest BCUT2D eigenvalue weighted by Crippen LogP contribution is -2.51. The largest absolute Gasteiger partial charge is 0.342 e. The summed E-state index contributed by atoms with van der Waals surface area (Å²) in [5.41, 5.74) is 0.836. The Morgan fingerprint density at radius 2 is 1.73 bits per heavy atom. The SMILES string of the molecule is Cc1nc(/C=C/C(=O)N2CCN(CC(=O)N3CCCCCC3)CC2)cs1. The minimum Gasteiger partial charge on any atom is -0.342 e. The van der Waals surface area contributed by atoms with Crippen LogP contribution >= 0.6 is 11.3 Å². The molecule has 26 heavy (non-hydrogen) atoms. The zero-order chi connectivity index (χ0) is 18.4. The molecule has 2 amide bonds. The van der Waals surface area contributed by atoms with Crippen molar-refractivity contribution in [3.8, 4) is 0 Å². The second-order valence-corrected chi connectivity index (χ2v) is 8.08. The van der Waals surface area contributed by atoms with Gasteiger partial charge in [-0.25, -0.2) is 4.98 Å². The molecule has 6 nitrogen and oxygen atoms in total. The Balaban J connectivity index is 1.42. The lowest BCUT2D eigenvalue weighted by molar-refractivity contribution is -0.133. The number of piperazine rings is 1. The van der Waals surface area contributed by atoms with Crippen molar-refractivity contribution in [1.82, 2.24) is 19.7 Å². The molecule has 1 aromatic heterocycles. The van der Waals surface area contributed by atoms with Crippen LogP contribution in [0.4, 0.5) is 0 Å². The number of nitrogens with zero attached hydrogens (tertiary/aromatic N) is 4. The van der Waals surface area contributed by atoms with Gasteiger partial charge in [-0.3, -0.25) is 14.5 Å². The van der Waals surface area contributed by atoms with Gasteiger partial charge >= 0.3 is 0 Å². The van der Waals surface area contributed by atoms with E-state index in [0.717, 1.165) is 49.7 Å². The van der Waals surface area contributed by atoms with E-state index >= 15 is 0 Å². The van der Waals surface area contributed by atoms with E-state index in [0.29, 0.717) is 19.6 Å². The Morgan fingerprint density at radius 1 is 1.04 bits per heavy atom. The van der Waals surface area contributed by atoms with Gasteiger partial charge in [-0.15, -0.1) is 11.3 Å². The highest BCUT2D eigenvalue weighted by atomic mass is 32.1. The highest BCUT2D eigenvalue weighted by Crippen LogP contribution is 2.12. The zero-order valence-corrected chi connectivity index (χ0v) is 16.3. The minimum atomic E-state index is 0.0224. The molecule has 7 heteroatoms. The van der Waals surface area contributed by atoms with Gasteiger partial charge in [-0.05, 0) is 25.8 Å². The minimum absolute atomic E-state index is 0.0224. The number of aryl methyl sites for hydroxylation is 1. The van der Waals surface area contributed by atoms with Gasteiger partial charge in [0.1, 0.15) is 0 Å². The van der Waals surface area contributed by atoms with E-state index < -0.39 is 0 Å². The summed E-state index contributed by atoms with van der Waals surface area (Å²) in [4.78, 5) is 35.2. The summed E-state index contributed by atoms with van der Waals surface area (Å²) in [5, 5.41) is 2.95. The second-order valence-electron chi connectivity index (χ2n) is 7.02. The number of thiazole rings is 1. The number of carbonyl (C=O) groups is 2. The molecule has 2 aliphatic rings. The first-order valence-electron chi connectivity index (χ1n) is 9.51. The molecule has 0 atom stereocenters. The van der Waals surface area contributed by atoms with E-state index in [-0.39, 0.29) is 11.8 Å². The summed E-state index contributed by atoms with van der Waals surface area (Å²) in [6, 6.07) is 0. The Labute approximate surface area is 159 Å². The van der Waals surface area contributed by atoms with Gasteiger partial charge in [0.2, 0.25) is 11.8 Å². The topological polar surface area (TPSA) is 56.8 Å². The molecule has 3 heterocycles. The molecule has 0 unspecified atom stereocenters. The van der Waals surface area contributed by atoms with Crippen LogP contribution in [0.15, 0.2) is 11.5 Å². The van der Waals surface area contributed by atoms with Crippen LogP contribution in [0.2, 0.25) is 0 Å². The third kappa shape index (κ3) is 5.38. The number of amides is 2.